The molecule has 1 aliphatic carbocycles. The Morgan fingerprint density at radius 2 is 2.05 bits per heavy atom. The molecular formula is C15H18N4OS. The molecule has 3 rings (SSSR count). The van der Waals surface area contributed by atoms with Crippen LogP contribution in [0.2, 0.25) is 0 Å². The fourth-order valence-electron chi connectivity index (χ4n) is 2.76. The molecule has 1 heterocycles. The molecule has 5 nitrogen and oxygen atoms in total. The van der Waals surface area contributed by atoms with Crippen LogP contribution in [0.5, 0.6) is 5.75 Å². The van der Waals surface area contributed by atoms with Gasteiger partial charge in [-0.25, -0.2) is 0 Å². The highest BCUT2D eigenvalue weighted by atomic mass is 32.1. The minimum Gasteiger partial charge on any atom is -0.507 e. The van der Waals surface area contributed by atoms with Gasteiger partial charge >= 0.3 is 0 Å². The van der Waals surface area contributed by atoms with Gasteiger partial charge in [0.05, 0.1) is 6.21 Å². The summed E-state index contributed by atoms with van der Waals surface area (Å²) >= 11 is 5.26. The van der Waals surface area contributed by atoms with Crippen LogP contribution in [0.3, 0.4) is 0 Å². The SMILES string of the molecule is Oc1ccccc1/C=N/n1c(C2CCCCC2)n[nH]c1=S. The van der Waals surface area contributed by atoms with Crippen molar-refractivity contribution in [1.82, 2.24) is 14.9 Å². The Hall–Kier alpha value is -1.95. The van der Waals surface area contributed by atoms with Crippen LogP contribution in [-0.2, 0) is 0 Å². The van der Waals surface area contributed by atoms with Crippen molar-refractivity contribution in [2.24, 2.45) is 5.10 Å². The zero-order valence-electron chi connectivity index (χ0n) is 11.7. The van der Waals surface area contributed by atoms with Crippen molar-refractivity contribution in [3.05, 3.63) is 40.4 Å². The summed E-state index contributed by atoms with van der Waals surface area (Å²) in [4.78, 5) is 0. The largest absolute Gasteiger partial charge is 0.507 e. The summed E-state index contributed by atoms with van der Waals surface area (Å²) in [6.45, 7) is 0. The highest BCUT2D eigenvalue weighted by Gasteiger charge is 2.21. The Morgan fingerprint density at radius 1 is 1.29 bits per heavy atom. The van der Waals surface area contributed by atoms with Gasteiger partial charge < -0.3 is 5.11 Å². The fraction of sp³-hybridized carbons (Fsp3) is 0.400. The highest BCUT2D eigenvalue weighted by molar-refractivity contribution is 7.71. The van der Waals surface area contributed by atoms with E-state index in [4.69, 9.17) is 12.2 Å². The molecule has 0 amide bonds. The lowest BCUT2D eigenvalue weighted by Gasteiger charge is -2.19. The molecule has 0 saturated heterocycles. The van der Waals surface area contributed by atoms with E-state index in [0.717, 1.165) is 18.7 Å². The number of benzene rings is 1. The number of nitrogens with zero attached hydrogens (tertiary/aromatic N) is 3. The Bertz CT molecular complexity index is 698. The van der Waals surface area contributed by atoms with Crippen LogP contribution in [0.4, 0.5) is 0 Å². The molecule has 1 aromatic carbocycles. The van der Waals surface area contributed by atoms with Gasteiger partial charge in [-0.2, -0.15) is 14.9 Å². The summed E-state index contributed by atoms with van der Waals surface area (Å²) in [5.74, 6) is 1.51. The number of rotatable bonds is 3. The molecule has 0 bridgehead atoms. The predicted molar refractivity (Wildman–Crippen MR) is 84.3 cm³/mol. The maximum Gasteiger partial charge on any atom is 0.216 e. The van der Waals surface area contributed by atoms with Gasteiger partial charge in [0.25, 0.3) is 0 Å². The molecule has 1 aromatic heterocycles. The van der Waals surface area contributed by atoms with E-state index in [9.17, 15) is 5.11 Å². The van der Waals surface area contributed by atoms with Crippen molar-refractivity contribution in [1.29, 1.82) is 0 Å². The average molecular weight is 302 g/mol. The zero-order valence-corrected chi connectivity index (χ0v) is 12.5. The third kappa shape index (κ3) is 3.05. The first-order valence-corrected chi connectivity index (χ1v) is 7.66. The molecule has 1 saturated carbocycles. The quantitative estimate of drug-likeness (QED) is 0.673. The van der Waals surface area contributed by atoms with E-state index in [1.807, 2.05) is 12.1 Å². The van der Waals surface area contributed by atoms with E-state index in [1.54, 1.807) is 23.0 Å². The lowest BCUT2D eigenvalue weighted by atomic mass is 9.89. The van der Waals surface area contributed by atoms with E-state index in [0.29, 0.717) is 16.3 Å². The number of hydrogen-bond donors (Lipinski definition) is 2. The van der Waals surface area contributed by atoms with Crippen molar-refractivity contribution in [2.45, 2.75) is 38.0 Å². The van der Waals surface area contributed by atoms with E-state index < -0.39 is 0 Å². The third-order valence-corrected chi connectivity index (χ3v) is 4.16. The first kappa shape index (κ1) is 14.0. The zero-order chi connectivity index (χ0) is 14.7. The number of phenols is 1. The van der Waals surface area contributed by atoms with Crippen LogP contribution in [0.15, 0.2) is 29.4 Å². The van der Waals surface area contributed by atoms with Crippen LogP contribution in [0.25, 0.3) is 0 Å². The van der Waals surface area contributed by atoms with Crippen molar-refractivity contribution in [2.75, 3.05) is 0 Å². The summed E-state index contributed by atoms with van der Waals surface area (Å²) < 4.78 is 2.17. The summed E-state index contributed by atoms with van der Waals surface area (Å²) in [6.07, 6.45) is 7.63. The molecule has 0 aliphatic heterocycles. The van der Waals surface area contributed by atoms with Gasteiger partial charge in [-0.1, -0.05) is 31.4 Å². The third-order valence-electron chi connectivity index (χ3n) is 3.89. The topological polar surface area (TPSA) is 66.2 Å². The average Bonchev–Trinajstić information content (AvgIpc) is 2.88. The Morgan fingerprint density at radius 3 is 2.81 bits per heavy atom. The molecule has 21 heavy (non-hydrogen) atoms. The number of nitrogens with one attached hydrogen (secondary N) is 1. The first-order valence-electron chi connectivity index (χ1n) is 7.25. The second-order valence-electron chi connectivity index (χ2n) is 5.34. The number of aromatic nitrogens is 3. The Kier molecular flexibility index (Phi) is 4.15. The van der Waals surface area contributed by atoms with Crippen LogP contribution >= 0.6 is 12.2 Å². The molecule has 0 spiro atoms. The van der Waals surface area contributed by atoms with Crippen molar-refractivity contribution >= 4 is 18.4 Å². The number of para-hydroxylation sites is 1. The predicted octanol–water partition coefficient (Wildman–Crippen LogP) is 3.58. The second kappa shape index (κ2) is 6.22. The van der Waals surface area contributed by atoms with Crippen LogP contribution in [0, 0.1) is 4.77 Å². The highest BCUT2D eigenvalue weighted by Crippen LogP contribution is 2.31. The van der Waals surface area contributed by atoms with E-state index in [-0.39, 0.29) is 5.75 Å². The molecule has 0 atom stereocenters. The second-order valence-corrected chi connectivity index (χ2v) is 5.72. The molecule has 2 aromatic rings. The minimum atomic E-state index is 0.204. The molecule has 2 N–H and O–H groups in total. The van der Waals surface area contributed by atoms with Crippen LogP contribution < -0.4 is 0 Å². The molecule has 110 valence electrons. The standard InChI is InChI=1S/C15H18N4OS/c20-13-9-5-4-8-12(13)10-16-19-14(17-18-15(19)21)11-6-2-1-3-7-11/h4-5,8-11,20H,1-3,6-7H2,(H,18,21)/b16-10+. The lowest BCUT2D eigenvalue weighted by Crippen LogP contribution is -2.10. The van der Waals surface area contributed by atoms with Gasteiger partial charge in [-0.3, -0.25) is 5.10 Å². The smallest absolute Gasteiger partial charge is 0.216 e. The van der Waals surface area contributed by atoms with E-state index >= 15 is 0 Å². The molecule has 0 unspecified atom stereocenters. The monoisotopic (exact) mass is 302 g/mol. The summed E-state index contributed by atoms with van der Waals surface area (Å²) in [5.41, 5.74) is 0.662. The number of aromatic amines is 1. The van der Waals surface area contributed by atoms with Gasteiger partial charge in [0.1, 0.15) is 5.75 Å². The number of phenolic OH excluding ortho intramolecular Hbond substituents is 1. The number of H-pyrrole nitrogens is 1. The first-order chi connectivity index (χ1) is 10.3. The minimum absolute atomic E-state index is 0.204. The number of hydrogen-bond acceptors (Lipinski definition) is 4. The van der Waals surface area contributed by atoms with Crippen LogP contribution in [0.1, 0.15) is 49.4 Å². The molecular weight excluding hydrogens is 284 g/mol. The number of aromatic hydroxyl groups is 1. The van der Waals surface area contributed by atoms with Crippen molar-refractivity contribution in [3.8, 4) is 5.75 Å². The maximum absolute atomic E-state index is 9.78. The van der Waals surface area contributed by atoms with Gasteiger partial charge in [0.2, 0.25) is 4.77 Å². The van der Waals surface area contributed by atoms with E-state index in [2.05, 4.69) is 15.3 Å². The summed E-state index contributed by atoms with van der Waals surface area (Å²) in [6, 6.07) is 7.09. The molecule has 1 fully saturated rings. The maximum atomic E-state index is 9.78. The fourth-order valence-corrected chi connectivity index (χ4v) is 2.94. The van der Waals surface area contributed by atoms with Gasteiger partial charge in [-0.05, 0) is 37.2 Å². The van der Waals surface area contributed by atoms with Crippen LogP contribution in [-0.4, -0.2) is 26.2 Å². The normalized spacial score (nSPS) is 16.6. The van der Waals surface area contributed by atoms with Gasteiger partial charge in [0, 0.05) is 11.5 Å². The van der Waals surface area contributed by atoms with Crippen molar-refractivity contribution in [3.63, 3.8) is 0 Å². The Balaban J connectivity index is 1.90. The van der Waals surface area contributed by atoms with Crippen molar-refractivity contribution < 1.29 is 5.11 Å². The summed E-state index contributed by atoms with van der Waals surface area (Å²) in [5, 5.41) is 21.4. The van der Waals surface area contributed by atoms with Gasteiger partial charge in [0.15, 0.2) is 5.82 Å². The molecule has 1 aliphatic rings. The molecule has 6 heteroatoms. The summed E-state index contributed by atoms with van der Waals surface area (Å²) in [7, 11) is 0. The Labute approximate surface area is 128 Å². The van der Waals surface area contributed by atoms with E-state index in [1.165, 1.54) is 19.3 Å². The lowest BCUT2D eigenvalue weighted by molar-refractivity contribution is 0.419. The molecule has 0 radical (unpaired) electrons. The van der Waals surface area contributed by atoms with Gasteiger partial charge in [-0.15, -0.1) is 0 Å².